The van der Waals surface area contributed by atoms with E-state index >= 15 is 0 Å². The van der Waals surface area contributed by atoms with Gasteiger partial charge in [0.1, 0.15) is 24.2 Å². The average Bonchev–Trinajstić information content (AvgIpc) is 2.95. The fourth-order valence-corrected chi connectivity index (χ4v) is 5.85. The van der Waals surface area contributed by atoms with Gasteiger partial charge in [0.15, 0.2) is 0 Å². The van der Waals surface area contributed by atoms with Crippen LogP contribution in [0, 0.1) is 5.82 Å². The van der Waals surface area contributed by atoms with Gasteiger partial charge < -0.3 is 15.0 Å². The Labute approximate surface area is 239 Å². The van der Waals surface area contributed by atoms with Crippen molar-refractivity contribution in [1.29, 1.82) is 0 Å². The van der Waals surface area contributed by atoms with Crippen LogP contribution in [0.1, 0.15) is 26.3 Å². The predicted octanol–water partition coefficient (Wildman–Crippen LogP) is 4.70. The third-order valence-corrected chi connectivity index (χ3v) is 8.66. The third-order valence-electron chi connectivity index (χ3n) is 6.14. The number of anilines is 1. The Balaban J connectivity index is 2.08. The van der Waals surface area contributed by atoms with Crippen LogP contribution in [0.15, 0.2) is 82.6 Å². The molecule has 0 saturated heterocycles. The van der Waals surface area contributed by atoms with E-state index in [2.05, 4.69) is 5.32 Å². The van der Waals surface area contributed by atoms with Crippen LogP contribution in [0.3, 0.4) is 0 Å². The fourth-order valence-electron chi connectivity index (χ4n) is 4.02. The lowest BCUT2D eigenvalue weighted by Crippen LogP contribution is -2.51. The van der Waals surface area contributed by atoms with Crippen molar-refractivity contribution in [2.45, 2.75) is 43.1 Å². The van der Waals surface area contributed by atoms with Gasteiger partial charge in [-0.25, -0.2) is 12.8 Å². The minimum Gasteiger partial charge on any atom is -0.492 e. The standard InChI is InChI=1S/C29H34FN3O5S2/c1-5-31-29(35)21(3)32(19-22-11-13-23(30)14-12-22)28(34)20-33(26-9-7-8-10-27(26)38-6-2)40(36,37)25-17-15-24(39-4)16-18-25/h7-18,21H,5-6,19-20H2,1-4H3,(H,31,35). The molecule has 0 aliphatic carbocycles. The Bertz CT molecular complexity index is 1400. The largest absolute Gasteiger partial charge is 0.492 e. The van der Waals surface area contributed by atoms with Crippen LogP contribution in [0.4, 0.5) is 10.1 Å². The number of sulfonamides is 1. The van der Waals surface area contributed by atoms with E-state index < -0.39 is 40.2 Å². The lowest BCUT2D eigenvalue weighted by Gasteiger charge is -2.32. The monoisotopic (exact) mass is 587 g/mol. The van der Waals surface area contributed by atoms with Crippen LogP contribution < -0.4 is 14.4 Å². The topological polar surface area (TPSA) is 96.0 Å². The van der Waals surface area contributed by atoms with E-state index in [9.17, 15) is 22.4 Å². The zero-order chi connectivity index (χ0) is 29.3. The molecule has 0 aromatic heterocycles. The molecule has 0 aliphatic rings. The molecule has 11 heteroatoms. The maximum Gasteiger partial charge on any atom is 0.264 e. The van der Waals surface area contributed by atoms with Crippen molar-refractivity contribution >= 4 is 39.3 Å². The summed E-state index contributed by atoms with van der Waals surface area (Å²) in [5.41, 5.74) is 0.779. The first-order valence-electron chi connectivity index (χ1n) is 12.8. The Morgan fingerprint density at radius 3 is 2.25 bits per heavy atom. The number of hydrogen-bond acceptors (Lipinski definition) is 6. The molecule has 3 rings (SSSR count). The molecule has 1 unspecified atom stereocenters. The zero-order valence-electron chi connectivity index (χ0n) is 23.0. The summed E-state index contributed by atoms with van der Waals surface area (Å²) in [6.45, 7) is 5.13. The van der Waals surface area contributed by atoms with Crippen molar-refractivity contribution in [2.24, 2.45) is 0 Å². The maximum absolute atomic E-state index is 14.0. The summed E-state index contributed by atoms with van der Waals surface area (Å²) < 4.78 is 48.3. The predicted molar refractivity (Wildman–Crippen MR) is 155 cm³/mol. The van der Waals surface area contributed by atoms with E-state index in [1.54, 1.807) is 57.2 Å². The number of carbonyl (C=O) groups excluding carboxylic acids is 2. The number of ether oxygens (including phenoxy) is 1. The molecule has 1 atom stereocenters. The lowest BCUT2D eigenvalue weighted by atomic mass is 10.1. The molecule has 0 radical (unpaired) electrons. The summed E-state index contributed by atoms with van der Waals surface area (Å²) in [4.78, 5) is 28.9. The van der Waals surface area contributed by atoms with Crippen LogP contribution in [0.5, 0.6) is 5.75 Å². The van der Waals surface area contributed by atoms with Crippen LogP contribution in [0.2, 0.25) is 0 Å². The molecule has 3 aromatic carbocycles. The van der Waals surface area contributed by atoms with E-state index in [1.165, 1.54) is 53.1 Å². The highest BCUT2D eigenvalue weighted by Crippen LogP contribution is 2.33. The normalized spacial score (nSPS) is 11.9. The minimum absolute atomic E-state index is 0.00580. The van der Waals surface area contributed by atoms with Gasteiger partial charge in [0.2, 0.25) is 11.8 Å². The first-order chi connectivity index (χ1) is 19.1. The first-order valence-corrected chi connectivity index (χ1v) is 15.5. The first kappa shape index (κ1) is 31.0. The van der Waals surface area contributed by atoms with Crippen molar-refractivity contribution in [3.05, 3.63) is 84.2 Å². The van der Waals surface area contributed by atoms with Gasteiger partial charge in [-0.2, -0.15) is 0 Å². The second kappa shape index (κ2) is 14.2. The molecular weight excluding hydrogens is 553 g/mol. The Morgan fingerprint density at radius 1 is 1.00 bits per heavy atom. The molecule has 0 saturated carbocycles. The Kier molecular flexibility index (Phi) is 11.0. The highest BCUT2D eigenvalue weighted by Gasteiger charge is 2.33. The smallest absolute Gasteiger partial charge is 0.264 e. The third kappa shape index (κ3) is 7.54. The number of benzene rings is 3. The molecule has 2 amide bonds. The molecule has 8 nitrogen and oxygen atoms in total. The number of nitrogens with one attached hydrogen (secondary N) is 1. The number of thioether (sulfide) groups is 1. The van der Waals surface area contributed by atoms with Gasteiger partial charge in [0.25, 0.3) is 10.0 Å². The van der Waals surface area contributed by atoms with Gasteiger partial charge in [-0.1, -0.05) is 24.3 Å². The molecule has 0 spiro atoms. The number of rotatable bonds is 13. The molecule has 3 aromatic rings. The molecule has 40 heavy (non-hydrogen) atoms. The van der Waals surface area contributed by atoms with E-state index in [0.29, 0.717) is 17.9 Å². The second-order valence-corrected chi connectivity index (χ2v) is 11.5. The summed E-state index contributed by atoms with van der Waals surface area (Å²) in [5.74, 6) is -1.15. The molecule has 0 fully saturated rings. The van der Waals surface area contributed by atoms with Crippen molar-refractivity contribution < 1.29 is 27.1 Å². The maximum atomic E-state index is 14.0. The summed E-state index contributed by atoms with van der Waals surface area (Å²) >= 11 is 1.48. The van der Waals surface area contributed by atoms with Gasteiger partial charge in [0.05, 0.1) is 17.2 Å². The van der Waals surface area contributed by atoms with Gasteiger partial charge in [0, 0.05) is 18.0 Å². The summed E-state index contributed by atoms with van der Waals surface area (Å²) in [5, 5.41) is 2.71. The number of likely N-dealkylation sites (N-methyl/N-ethyl adjacent to an activating group) is 1. The second-order valence-electron chi connectivity index (χ2n) is 8.81. The number of amides is 2. The number of carbonyl (C=O) groups is 2. The summed E-state index contributed by atoms with van der Waals surface area (Å²) in [6.07, 6.45) is 1.89. The number of nitrogens with zero attached hydrogens (tertiary/aromatic N) is 2. The van der Waals surface area contributed by atoms with Crippen LogP contribution >= 0.6 is 11.8 Å². The van der Waals surface area contributed by atoms with E-state index in [1.807, 2.05) is 6.26 Å². The van der Waals surface area contributed by atoms with E-state index in [4.69, 9.17) is 4.74 Å². The van der Waals surface area contributed by atoms with E-state index in [0.717, 1.165) is 9.20 Å². The summed E-state index contributed by atoms with van der Waals surface area (Å²) in [6, 6.07) is 17.6. The van der Waals surface area contributed by atoms with Gasteiger partial charge in [-0.15, -0.1) is 11.8 Å². The molecule has 0 bridgehead atoms. The van der Waals surface area contributed by atoms with E-state index in [-0.39, 0.29) is 23.7 Å². The average molecular weight is 588 g/mol. The molecule has 214 valence electrons. The van der Waals surface area contributed by atoms with Crippen molar-refractivity contribution in [3.8, 4) is 5.75 Å². The van der Waals surface area contributed by atoms with Crippen molar-refractivity contribution in [3.63, 3.8) is 0 Å². The molecule has 0 heterocycles. The molecular formula is C29H34FN3O5S2. The van der Waals surface area contributed by atoms with Crippen LogP contribution in [-0.4, -0.2) is 57.1 Å². The quantitative estimate of drug-likeness (QED) is 0.292. The number of halogens is 1. The van der Waals surface area contributed by atoms with Gasteiger partial charge >= 0.3 is 0 Å². The summed E-state index contributed by atoms with van der Waals surface area (Å²) in [7, 11) is -4.24. The lowest BCUT2D eigenvalue weighted by molar-refractivity contribution is -0.139. The highest BCUT2D eigenvalue weighted by molar-refractivity contribution is 7.98. The molecule has 0 aliphatic heterocycles. The fraction of sp³-hybridized carbons (Fsp3) is 0.310. The van der Waals surface area contributed by atoms with Crippen LogP contribution in [-0.2, 0) is 26.2 Å². The van der Waals surface area contributed by atoms with Gasteiger partial charge in [-0.05, 0) is 81.1 Å². The highest BCUT2D eigenvalue weighted by atomic mass is 32.2. The zero-order valence-corrected chi connectivity index (χ0v) is 24.6. The van der Waals surface area contributed by atoms with Gasteiger partial charge in [-0.3, -0.25) is 13.9 Å². The molecule has 1 N–H and O–H groups in total. The Hall–Kier alpha value is -3.57. The van der Waals surface area contributed by atoms with Crippen LogP contribution in [0.25, 0.3) is 0 Å². The number of hydrogen-bond donors (Lipinski definition) is 1. The SMILES string of the molecule is CCNC(=O)C(C)N(Cc1ccc(F)cc1)C(=O)CN(c1ccccc1OCC)S(=O)(=O)c1ccc(SC)cc1. The van der Waals surface area contributed by atoms with Crippen molar-refractivity contribution in [2.75, 3.05) is 30.3 Å². The van der Waals surface area contributed by atoms with Crippen molar-refractivity contribution in [1.82, 2.24) is 10.2 Å². The Morgan fingerprint density at radius 2 is 1.65 bits per heavy atom. The number of para-hydroxylation sites is 2. The minimum atomic E-state index is -4.24.